The molecule has 0 aromatic rings. The van der Waals surface area contributed by atoms with E-state index in [4.69, 9.17) is 0 Å². The Balaban J connectivity index is 1.96. The van der Waals surface area contributed by atoms with E-state index in [1.54, 1.807) is 0 Å². The number of carbonyl (C=O) groups excluding carboxylic acids is 1. The van der Waals surface area contributed by atoms with Crippen LogP contribution in [0.3, 0.4) is 0 Å². The number of rotatable bonds is 4. The van der Waals surface area contributed by atoms with Crippen molar-refractivity contribution in [3.8, 4) is 0 Å². The molecule has 1 saturated heterocycles. The first-order chi connectivity index (χ1) is 10.2. The standard InChI is InChI=1S/C16H30N2O3S/c1-12-8-13(2)10-18(9-12)16(19)11-17(3)14-6-5-7-15(14)22(4,20)21/h12-15H,5-11H2,1-4H3/t12-,13+,14-,15-/m1/s1. The number of sulfone groups is 1. The van der Waals surface area contributed by atoms with Crippen molar-refractivity contribution in [2.24, 2.45) is 11.8 Å². The Hall–Kier alpha value is -0.620. The van der Waals surface area contributed by atoms with Gasteiger partial charge in [0.25, 0.3) is 0 Å². The maximum absolute atomic E-state index is 12.5. The fourth-order valence-corrected chi connectivity index (χ4v) is 5.72. The molecule has 1 amide bonds. The predicted molar refractivity (Wildman–Crippen MR) is 88.4 cm³/mol. The highest BCUT2D eigenvalue weighted by Crippen LogP contribution is 2.29. The van der Waals surface area contributed by atoms with Crippen LogP contribution < -0.4 is 0 Å². The van der Waals surface area contributed by atoms with E-state index in [1.165, 1.54) is 12.7 Å². The van der Waals surface area contributed by atoms with E-state index in [1.807, 2.05) is 16.8 Å². The zero-order valence-electron chi connectivity index (χ0n) is 14.3. The molecule has 1 saturated carbocycles. The van der Waals surface area contributed by atoms with Crippen LogP contribution in [-0.2, 0) is 14.6 Å². The summed E-state index contributed by atoms with van der Waals surface area (Å²) in [6, 6.07) is -0.0152. The highest BCUT2D eigenvalue weighted by molar-refractivity contribution is 7.91. The number of piperidine rings is 1. The molecule has 2 fully saturated rings. The van der Waals surface area contributed by atoms with Gasteiger partial charge in [-0.2, -0.15) is 0 Å². The lowest BCUT2D eigenvalue weighted by Crippen LogP contribution is -2.50. The third-order valence-electron chi connectivity index (χ3n) is 5.14. The summed E-state index contributed by atoms with van der Waals surface area (Å²) in [5.41, 5.74) is 0. The van der Waals surface area contributed by atoms with Crippen molar-refractivity contribution in [1.29, 1.82) is 0 Å². The maximum atomic E-state index is 12.5. The second-order valence-electron chi connectivity index (χ2n) is 7.53. The fraction of sp³-hybridized carbons (Fsp3) is 0.938. The Morgan fingerprint density at radius 3 is 2.32 bits per heavy atom. The zero-order valence-corrected chi connectivity index (χ0v) is 15.1. The number of amides is 1. The van der Waals surface area contributed by atoms with Gasteiger partial charge in [-0.25, -0.2) is 8.42 Å². The molecule has 0 radical (unpaired) electrons. The zero-order chi connectivity index (χ0) is 16.5. The van der Waals surface area contributed by atoms with E-state index in [0.29, 0.717) is 18.4 Å². The minimum Gasteiger partial charge on any atom is -0.341 e. The predicted octanol–water partition coefficient (Wildman–Crippen LogP) is 1.39. The third-order valence-corrected chi connectivity index (χ3v) is 6.79. The topological polar surface area (TPSA) is 57.7 Å². The first-order valence-corrected chi connectivity index (χ1v) is 10.3. The molecule has 0 aromatic heterocycles. The van der Waals surface area contributed by atoms with Gasteiger partial charge in [0.15, 0.2) is 9.84 Å². The number of hydrogen-bond donors (Lipinski definition) is 0. The van der Waals surface area contributed by atoms with E-state index in [9.17, 15) is 13.2 Å². The molecule has 1 heterocycles. The average molecular weight is 330 g/mol. The van der Waals surface area contributed by atoms with Gasteiger partial charge < -0.3 is 4.90 Å². The van der Waals surface area contributed by atoms with Crippen LogP contribution >= 0.6 is 0 Å². The second kappa shape index (κ2) is 6.87. The van der Waals surface area contributed by atoms with E-state index in [2.05, 4.69) is 13.8 Å². The molecular formula is C16H30N2O3S. The van der Waals surface area contributed by atoms with Crippen molar-refractivity contribution < 1.29 is 13.2 Å². The monoisotopic (exact) mass is 330 g/mol. The smallest absolute Gasteiger partial charge is 0.236 e. The number of likely N-dealkylation sites (N-methyl/N-ethyl adjacent to an activating group) is 1. The van der Waals surface area contributed by atoms with Crippen molar-refractivity contribution >= 4 is 15.7 Å². The van der Waals surface area contributed by atoms with Crippen LogP contribution in [0.4, 0.5) is 0 Å². The summed E-state index contributed by atoms with van der Waals surface area (Å²) < 4.78 is 23.8. The van der Waals surface area contributed by atoms with E-state index in [0.717, 1.165) is 32.4 Å². The minimum atomic E-state index is -3.04. The highest BCUT2D eigenvalue weighted by atomic mass is 32.2. The molecule has 5 nitrogen and oxygen atoms in total. The maximum Gasteiger partial charge on any atom is 0.236 e. The van der Waals surface area contributed by atoms with Gasteiger partial charge in [-0.3, -0.25) is 9.69 Å². The molecule has 2 aliphatic rings. The van der Waals surface area contributed by atoms with Crippen molar-refractivity contribution in [1.82, 2.24) is 9.80 Å². The van der Waals surface area contributed by atoms with Crippen LogP contribution in [0.15, 0.2) is 0 Å². The SMILES string of the molecule is C[C@@H]1C[C@H](C)CN(C(=O)CN(C)[C@@H]2CCC[C@H]2S(C)(=O)=O)C1. The van der Waals surface area contributed by atoms with Gasteiger partial charge in [0.05, 0.1) is 11.8 Å². The summed E-state index contributed by atoms with van der Waals surface area (Å²) in [6.45, 7) is 6.37. The number of carbonyl (C=O) groups is 1. The first-order valence-electron chi connectivity index (χ1n) is 8.35. The van der Waals surface area contributed by atoms with E-state index in [-0.39, 0.29) is 17.2 Å². The van der Waals surface area contributed by atoms with Crippen LogP contribution in [0, 0.1) is 11.8 Å². The highest BCUT2D eigenvalue weighted by Gasteiger charge is 2.38. The molecule has 128 valence electrons. The van der Waals surface area contributed by atoms with Gasteiger partial charge in [0.1, 0.15) is 0 Å². The van der Waals surface area contributed by atoms with Gasteiger partial charge in [0, 0.05) is 25.4 Å². The molecule has 0 N–H and O–H groups in total. The molecule has 0 spiro atoms. The molecule has 1 aliphatic heterocycles. The lowest BCUT2D eigenvalue weighted by Gasteiger charge is -2.37. The largest absolute Gasteiger partial charge is 0.341 e. The molecular weight excluding hydrogens is 300 g/mol. The molecule has 0 bridgehead atoms. The fourth-order valence-electron chi connectivity index (χ4n) is 4.21. The molecule has 2 rings (SSSR count). The van der Waals surface area contributed by atoms with Crippen molar-refractivity contribution in [2.45, 2.75) is 50.8 Å². The molecule has 0 aromatic carbocycles. The van der Waals surface area contributed by atoms with Crippen LogP contribution in [0.25, 0.3) is 0 Å². The molecule has 6 heteroatoms. The molecule has 0 unspecified atom stereocenters. The van der Waals surface area contributed by atoms with Crippen molar-refractivity contribution in [2.75, 3.05) is 32.9 Å². The number of nitrogens with zero attached hydrogens (tertiary/aromatic N) is 2. The quantitative estimate of drug-likeness (QED) is 0.781. The minimum absolute atomic E-state index is 0.0152. The van der Waals surface area contributed by atoms with Gasteiger partial charge in [0.2, 0.25) is 5.91 Å². The Labute approximate surface area is 135 Å². The summed E-state index contributed by atoms with van der Waals surface area (Å²) in [5.74, 6) is 1.24. The Kier molecular flexibility index (Phi) is 5.54. The average Bonchev–Trinajstić information content (AvgIpc) is 2.86. The summed E-state index contributed by atoms with van der Waals surface area (Å²) in [6.07, 6.45) is 5.02. The van der Waals surface area contributed by atoms with Crippen LogP contribution in [-0.4, -0.2) is 68.4 Å². The lowest BCUT2D eigenvalue weighted by atomic mass is 9.92. The van der Waals surface area contributed by atoms with Gasteiger partial charge in [-0.05, 0) is 38.1 Å². The van der Waals surface area contributed by atoms with E-state index >= 15 is 0 Å². The molecule has 1 aliphatic carbocycles. The normalized spacial score (nSPS) is 33.4. The number of hydrogen-bond acceptors (Lipinski definition) is 4. The first kappa shape index (κ1) is 17.7. The third kappa shape index (κ3) is 4.22. The Morgan fingerprint density at radius 2 is 1.77 bits per heavy atom. The van der Waals surface area contributed by atoms with Gasteiger partial charge in [-0.15, -0.1) is 0 Å². The molecule has 4 atom stereocenters. The lowest BCUT2D eigenvalue weighted by molar-refractivity contribution is -0.135. The van der Waals surface area contributed by atoms with E-state index < -0.39 is 9.84 Å². The summed E-state index contributed by atoms with van der Waals surface area (Å²) in [4.78, 5) is 16.5. The summed E-state index contributed by atoms with van der Waals surface area (Å²) in [5, 5.41) is -0.315. The van der Waals surface area contributed by atoms with Gasteiger partial charge in [-0.1, -0.05) is 20.3 Å². The summed E-state index contributed by atoms with van der Waals surface area (Å²) >= 11 is 0. The Bertz CT molecular complexity index is 496. The Morgan fingerprint density at radius 1 is 1.18 bits per heavy atom. The van der Waals surface area contributed by atoms with Gasteiger partial charge >= 0.3 is 0 Å². The van der Waals surface area contributed by atoms with Crippen LogP contribution in [0.2, 0.25) is 0 Å². The molecule has 22 heavy (non-hydrogen) atoms. The number of likely N-dealkylation sites (tertiary alicyclic amines) is 1. The van der Waals surface area contributed by atoms with Crippen molar-refractivity contribution in [3.05, 3.63) is 0 Å². The van der Waals surface area contributed by atoms with Crippen molar-refractivity contribution in [3.63, 3.8) is 0 Å². The van der Waals surface area contributed by atoms with Crippen LogP contribution in [0.5, 0.6) is 0 Å². The summed E-state index contributed by atoms with van der Waals surface area (Å²) in [7, 11) is -1.15. The van der Waals surface area contributed by atoms with Crippen LogP contribution in [0.1, 0.15) is 39.5 Å². The second-order valence-corrected chi connectivity index (χ2v) is 9.79.